The van der Waals surface area contributed by atoms with Gasteiger partial charge in [-0.05, 0) is 41.5 Å². The maximum atomic E-state index is 13.8. The average molecular weight is 449 g/mol. The molecule has 2 aromatic heterocycles. The number of aliphatic hydroxyl groups excluding tert-OH is 1. The molecule has 5 rings (SSSR count). The monoisotopic (exact) mass is 449 g/mol. The normalized spacial score (nSPS) is 23.8. The minimum absolute atomic E-state index is 0.204. The number of methoxy groups -OCH3 is 1. The number of aromatic nitrogens is 2. The zero-order valence-corrected chi connectivity index (χ0v) is 18.1. The molecule has 2 aliphatic heterocycles. The summed E-state index contributed by atoms with van der Waals surface area (Å²) in [7, 11) is 1.34. The van der Waals surface area contributed by atoms with Gasteiger partial charge in [-0.15, -0.1) is 0 Å². The second kappa shape index (κ2) is 8.53. The lowest BCUT2D eigenvalue weighted by atomic mass is 9.87. The van der Waals surface area contributed by atoms with Crippen LogP contribution in [0.15, 0.2) is 65.7 Å². The van der Waals surface area contributed by atoms with Crippen molar-refractivity contribution >= 4 is 5.97 Å². The van der Waals surface area contributed by atoms with Gasteiger partial charge in [0.05, 0.1) is 19.1 Å². The van der Waals surface area contributed by atoms with Gasteiger partial charge < -0.3 is 14.4 Å². The Labute approximate surface area is 190 Å². The van der Waals surface area contributed by atoms with Crippen LogP contribution in [0.4, 0.5) is 4.39 Å². The highest BCUT2D eigenvalue weighted by Crippen LogP contribution is 2.49. The summed E-state index contributed by atoms with van der Waals surface area (Å²) in [6, 6.07) is 12.6. The maximum absolute atomic E-state index is 13.8. The fraction of sp³-hybridized carbons (Fsp3) is 0.320. The molecule has 1 aromatic carbocycles. The Hall–Kier alpha value is -3.36. The molecular formula is C25H24FN3O4. The van der Waals surface area contributed by atoms with E-state index in [0.29, 0.717) is 29.9 Å². The molecule has 0 spiro atoms. The molecule has 1 fully saturated rings. The number of fused-ring (bicyclic) bond motifs is 4. The summed E-state index contributed by atoms with van der Waals surface area (Å²) >= 11 is 0. The fourth-order valence-electron chi connectivity index (χ4n) is 5.42. The first-order valence-electron chi connectivity index (χ1n) is 10.9. The van der Waals surface area contributed by atoms with Gasteiger partial charge in [-0.2, -0.15) is 0 Å². The average Bonchev–Trinajstić information content (AvgIpc) is 3.03. The molecule has 0 amide bonds. The summed E-state index contributed by atoms with van der Waals surface area (Å²) in [5.74, 6) is -1.83. The van der Waals surface area contributed by atoms with Crippen LogP contribution in [0.5, 0.6) is 0 Å². The van der Waals surface area contributed by atoms with Crippen molar-refractivity contribution in [3.05, 3.63) is 88.4 Å². The molecule has 0 saturated carbocycles. The summed E-state index contributed by atoms with van der Waals surface area (Å²) in [6.45, 7) is 0.629. The maximum Gasteiger partial charge on any atom is 0.311 e. The number of nitrogens with zero attached hydrogens (tertiary/aromatic N) is 3. The SMILES string of the molecule is COC(=O)[C@@H]1[C@@H](CO)[C@@H]2Cn3c(ccc(-c4cccc(F)c4)c3=O)[C@H]1N2Cc1cccnc1. The van der Waals surface area contributed by atoms with Gasteiger partial charge in [0.2, 0.25) is 0 Å². The quantitative estimate of drug-likeness (QED) is 0.602. The molecule has 33 heavy (non-hydrogen) atoms. The highest BCUT2D eigenvalue weighted by molar-refractivity contribution is 5.75. The van der Waals surface area contributed by atoms with Gasteiger partial charge in [0.25, 0.3) is 5.56 Å². The summed E-state index contributed by atoms with van der Waals surface area (Å²) in [5.41, 5.74) is 2.32. The van der Waals surface area contributed by atoms with Gasteiger partial charge in [0.1, 0.15) is 5.82 Å². The van der Waals surface area contributed by atoms with Crippen LogP contribution in [0.2, 0.25) is 0 Å². The number of carbonyl (C=O) groups is 1. The molecule has 8 heteroatoms. The van der Waals surface area contributed by atoms with E-state index < -0.39 is 29.7 Å². The number of benzene rings is 1. The Kier molecular flexibility index (Phi) is 5.55. The van der Waals surface area contributed by atoms with Crippen LogP contribution in [0.1, 0.15) is 17.3 Å². The summed E-state index contributed by atoms with van der Waals surface area (Å²) in [4.78, 5) is 32.7. The van der Waals surface area contributed by atoms with E-state index in [1.807, 2.05) is 18.2 Å². The Morgan fingerprint density at radius 2 is 2.09 bits per heavy atom. The fourth-order valence-corrected chi connectivity index (χ4v) is 5.42. The first-order chi connectivity index (χ1) is 16.0. The van der Waals surface area contributed by atoms with E-state index in [9.17, 15) is 19.1 Å². The number of aliphatic hydroxyl groups is 1. The van der Waals surface area contributed by atoms with Crippen molar-refractivity contribution in [1.82, 2.24) is 14.5 Å². The second-order valence-electron chi connectivity index (χ2n) is 8.54. The van der Waals surface area contributed by atoms with E-state index >= 15 is 0 Å². The van der Waals surface area contributed by atoms with Gasteiger partial charge in [-0.3, -0.25) is 19.5 Å². The molecule has 4 heterocycles. The molecule has 3 aromatic rings. The molecule has 4 atom stereocenters. The number of hydrogen-bond acceptors (Lipinski definition) is 6. The van der Waals surface area contributed by atoms with Crippen molar-refractivity contribution < 1.29 is 19.0 Å². The van der Waals surface area contributed by atoms with E-state index in [0.717, 1.165) is 5.56 Å². The van der Waals surface area contributed by atoms with Crippen molar-refractivity contribution in [3.8, 4) is 11.1 Å². The largest absolute Gasteiger partial charge is 0.469 e. The highest BCUT2D eigenvalue weighted by atomic mass is 19.1. The third kappa shape index (κ3) is 3.55. The minimum atomic E-state index is -0.616. The van der Waals surface area contributed by atoms with Gasteiger partial charge >= 0.3 is 5.97 Å². The number of rotatable bonds is 5. The first-order valence-corrected chi connectivity index (χ1v) is 10.9. The van der Waals surface area contributed by atoms with E-state index in [4.69, 9.17) is 4.74 Å². The van der Waals surface area contributed by atoms with Crippen molar-refractivity contribution in [1.29, 1.82) is 0 Å². The van der Waals surface area contributed by atoms with E-state index in [2.05, 4.69) is 9.88 Å². The van der Waals surface area contributed by atoms with Gasteiger partial charge in [0.15, 0.2) is 0 Å². The van der Waals surface area contributed by atoms with Crippen molar-refractivity contribution in [2.24, 2.45) is 11.8 Å². The number of pyridine rings is 2. The van der Waals surface area contributed by atoms with Crippen LogP contribution in [-0.2, 0) is 22.6 Å². The number of carbonyl (C=O) groups excluding carboxylic acids is 1. The van der Waals surface area contributed by atoms with Gasteiger partial charge in [-0.1, -0.05) is 18.2 Å². The highest BCUT2D eigenvalue weighted by Gasteiger charge is 2.56. The number of hydrogen-bond donors (Lipinski definition) is 1. The van der Waals surface area contributed by atoms with E-state index in [1.54, 1.807) is 35.2 Å². The predicted molar refractivity (Wildman–Crippen MR) is 118 cm³/mol. The number of halogens is 1. The van der Waals surface area contributed by atoms with Crippen LogP contribution in [-0.4, -0.2) is 45.3 Å². The molecule has 1 saturated heterocycles. The molecule has 170 valence electrons. The Bertz CT molecular complexity index is 1250. The molecular weight excluding hydrogens is 425 g/mol. The van der Waals surface area contributed by atoms with Crippen LogP contribution in [0.3, 0.4) is 0 Å². The van der Waals surface area contributed by atoms with E-state index in [1.165, 1.54) is 19.2 Å². The molecule has 0 aliphatic carbocycles. The third-order valence-corrected chi connectivity index (χ3v) is 6.87. The first kappa shape index (κ1) is 21.5. The Balaban J connectivity index is 1.64. The third-order valence-electron chi connectivity index (χ3n) is 6.87. The minimum Gasteiger partial charge on any atom is -0.469 e. The molecule has 7 nitrogen and oxygen atoms in total. The van der Waals surface area contributed by atoms with Gasteiger partial charge in [-0.25, -0.2) is 4.39 Å². The van der Waals surface area contributed by atoms with Gasteiger partial charge in [0, 0.05) is 55.3 Å². The Morgan fingerprint density at radius 3 is 2.79 bits per heavy atom. The smallest absolute Gasteiger partial charge is 0.311 e. The van der Waals surface area contributed by atoms with Crippen LogP contribution in [0.25, 0.3) is 11.1 Å². The lowest BCUT2D eigenvalue weighted by Gasteiger charge is -2.38. The van der Waals surface area contributed by atoms with Crippen LogP contribution >= 0.6 is 0 Å². The second-order valence-corrected chi connectivity index (χ2v) is 8.54. The zero-order valence-electron chi connectivity index (χ0n) is 18.1. The van der Waals surface area contributed by atoms with Crippen molar-refractivity contribution in [3.63, 3.8) is 0 Å². The van der Waals surface area contributed by atoms with Crippen molar-refractivity contribution in [2.45, 2.75) is 25.2 Å². The summed E-state index contributed by atoms with van der Waals surface area (Å²) in [5, 5.41) is 10.2. The Morgan fingerprint density at radius 1 is 1.24 bits per heavy atom. The molecule has 0 radical (unpaired) electrons. The molecule has 2 aliphatic rings. The summed E-state index contributed by atoms with van der Waals surface area (Å²) in [6.07, 6.45) is 3.47. The predicted octanol–water partition coefficient (Wildman–Crippen LogP) is 2.39. The van der Waals surface area contributed by atoms with Crippen molar-refractivity contribution in [2.75, 3.05) is 13.7 Å². The number of ether oxygens (including phenoxy) is 1. The molecule has 1 N–H and O–H groups in total. The zero-order chi connectivity index (χ0) is 23.1. The van der Waals surface area contributed by atoms with Crippen LogP contribution < -0.4 is 5.56 Å². The van der Waals surface area contributed by atoms with Crippen LogP contribution in [0, 0.1) is 17.7 Å². The lowest BCUT2D eigenvalue weighted by molar-refractivity contribution is -0.148. The topological polar surface area (TPSA) is 84.7 Å². The van der Waals surface area contributed by atoms with E-state index in [-0.39, 0.29) is 18.2 Å². The lowest BCUT2D eigenvalue weighted by Crippen LogP contribution is -2.46. The standard InChI is InChI=1S/C25H24FN3O4/c1-33-25(32)22-19(14-30)21-13-29-20(23(22)28(21)12-15-4-3-9-27-11-15)8-7-18(24(29)31)16-5-2-6-17(26)10-16/h2-11,19,21-23,30H,12-14H2,1H3/t19-,21-,22+,23+/m0/s1. The molecule has 0 unspecified atom stereocenters. The molecule has 2 bridgehead atoms. The number of esters is 1. The summed E-state index contributed by atoms with van der Waals surface area (Å²) < 4.78 is 20.6.